The minimum atomic E-state index is -0.368. The van der Waals surface area contributed by atoms with E-state index in [1.165, 1.54) is 25.7 Å². The number of aliphatic hydroxyl groups is 1. The molecule has 0 radical (unpaired) electrons. The van der Waals surface area contributed by atoms with Gasteiger partial charge in [-0.2, -0.15) is 0 Å². The highest BCUT2D eigenvalue weighted by Gasteiger charge is 2.64. The lowest BCUT2D eigenvalue weighted by Gasteiger charge is -2.63. The highest BCUT2D eigenvalue weighted by atomic mass is 16.7. The first kappa shape index (κ1) is 24.0. The second kappa shape index (κ2) is 8.45. The van der Waals surface area contributed by atoms with Gasteiger partial charge < -0.3 is 14.6 Å². The van der Waals surface area contributed by atoms with Gasteiger partial charge in [0.15, 0.2) is 11.6 Å². The van der Waals surface area contributed by atoms with E-state index in [2.05, 4.69) is 26.8 Å². The van der Waals surface area contributed by atoms with Crippen LogP contribution in [0.15, 0.2) is 12.2 Å². The standard InChI is InChI=1S/C29H46O4/c1-18(2)24(30)9-6-19(3)21-7-8-22-26-23(10-11-28(21,22)5)27(4)12-13-29(32-14-15-33-29)17-20(27)16-25(26)31/h6,9,18-23,25-26,31H,7-8,10-17H2,1-5H3/b9-6+/t19-,20+,21-,22+,23+,25-,26+,27+,28-/m1/s1. The van der Waals surface area contributed by atoms with Crippen molar-refractivity contribution in [3.05, 3.63) is 12.2 Å². The van der Waals surface area contributed by atoms with Gasteiger partial charge in [-0.15, -0.1) is 0 Å². The van der Waals surface area contributed by atoms with Crippen LogP contribution in [0.25, 0.3) is 0 Å². The molecule has 0 aromatic heterocycles. The zero-order chi connectivity index (χ0) is 23.6. The number of ketones is 1. The lowest BCUT2D eigenvalue weighted by Crippen LogP contribution is -2.60. The number of hydrogen-bond donors (Lipinski definition) is 1. The number of allylic oxidation sites excluding steroid dienone is 2. The Bertz CT molecular complexity index is 782. The van der Waals surface area contributed by atoms with E-state index >= 15 is 0 Å². The minimum Gasteiger partial charge on any atom is -0.393 e. The monoisotopic (exact) mass is 458 g/mol. The molecular weight excluding hydrogens is 412 g/mol. The highest BCUT2D eigenvalue weighted by molar-refractivity contribution is 5.91. The Balaban J connectivity index is 1.35. The number of rotatable bonds is 4. The SMILES string of the molecule is CC(C)C(=O)/C=C/[C@@H](C)[C@H]1CC[C@H]2[C@@H]3[C@H](O)C[C@H]4CC5(CC[C@]4(C)[C@H]3CC[C@]12C)OCCO5. The molecule has 5 aliphatic rings. The minimum absolute atomic E-state index is 0.0662. The summed E-state index contributed by atoms with van der Waals surface area (Å²) in [4.78, 5) is 12.2. The molecule has 4 saturated carbocycles. The van der Waals surface area contributed by atoms with Crippen LogP contribution < -0.4 is 0 Å². The van der Waals surface area contributed by atoms with E-state index in [0.29, 0.717) is 40.9 Å². The maximum Gasteiger partial charge on any atom is 0.168 e. The van der Waals surface area contributed by atoms with Crippen LogP contribution in [0.3, 0.4) is 0 Å². The van der Waals surface area contributed by atoms with Gasteiger partial charge in [-0.25, -0.2) is 0 Å². The Morgan fingerprint density at radius 1 is 0.970 bits per heavy atom. The van der Waals surface area contributed by atoms with E-state index in [-0.39, 0.29) is 29.0 Å². The number of hydrogen-bond acceptors (Lipinski definition) is 4. The Hall–Kier alpha value is -0.710. The molecule has 1 aliphatic heterocycles. The van der Waals surface area contributed by atoms with Crippen molar-refractivity contribution in [1.29, 1.82) is 0 Å². The van der Waals surface area contributed by atoms with Gasteiger partial charge >= 0.3 is 0 Å². The van der Waals surface area contributed by atoms with Crippen molar-refractivity contribution >= 4 is 5.78 Å². The molecule has 5 fully saturated rings. The molecule has 5 rings (SSSR count). The molecule has 1 N–H and O–H groups in total. The zero-order valence-corrected chi connectivity index (χ0v) is 21.5. The van der Waals surface area contributed by atoms with E-state index < -0.39 is 0 Å². The average molecular weight is 459 g/mol. The van der Waals surface area contributed by atoms with E-state index in [0.717, 1.165) is 38.9 Å². The number of carbonyl (C=O) groups is 1. The van der Waals surface area contributed by atoms with Crippen molar-refractivity contribution in [2.24, 2.45) is 52.3 Å². The fourth-order valence-corrected chi connectivity index (χ4v) is 9.40. The van der Waals surface area contributed by atoms with Gasteiger partial charge in [-0.1, -0.05) is 40.7 Å². The van der Waals surface area contributed by atoms with E-state index in [1.807, 2.05) is 19.9 Å². The van der Waals surface area contributed by atoms with Gasteiger partial charge in [-0.05, 0) is 90.9 Å². The Kier molecular flexibility index (Phi) is 6.15. The molecule has 4 heteroatoms. The predicted molar refractivity (Wildman–Crippen MR) is 129 cm³/mol. The lowest BCUT2D eigenvalue weighted by molar-refractivity contribution is -0.242. The van der Waals surface area contributed by atoms with Crippen LogP contribution in [0, 0.1) is 52.3 Å². The van der Waals surface area contributed by atoms with Crippen LogP contribution in [0.4, 0.5) is 0 Å². The third-order valence-corrected chi connectivity index (χ3v) is 11.3. The number of fused-ring (bicyclic) bond motifs is 5. The first-order valence-electron chi connectivity index (χ1n) is 13.8. The molecular formula is C29H46O4. The van der Waals surface area contributed by atoms with Crippen LogP contribution in [0.1, 0.15) is 86.0 Å². The summed E-state index contributed by atoms with van der Waals surface area (Å²) in [5.74, 6) is 3.06. The molecule has 0 unspecified atom stereocenters. The van der Waals surface area contributed by atoms with Crippen molar-refractivity contribution < 1.29 is 19.4 Å². The van der Waals surface area contributed by atoms with Crippen LogP contribution in [-0.2, 0) is 14.3 Å². The molecule has 0 aromatic rings. The van der Waals surface area contributed by atoms with E-state index in [4.69, 9.17) is 9.47 Å². The number of carbonyl (C=O) groups excluding carboxylic acids is 1. The third-order valence-electron chi connectivity index (χ3n) is 11.3. The van der Waals surface area contributed by atoms with Gasteiger partial charge in [0.05, 0.1) is 19.3 Å². The fraction of sp³-hybridized carbons (Fsp3) is 0.897. The average Bonchev–Trinajstić information content (AvgIpc) is 3.37. The maximum absolute atomic E-state index is 12.2. The number of ether oxygens (including phenoxy) is 2. The predicted octanol–water partition coefficient (Wildman–Crippen LogP) is 5.78. The second-order valence-electron chi connectivity index (χ2n) is 13.1. The Morgan fingerprint density at radius 2 is 1.67 bits per heavy atom. The number of aliphatic hydroxyl groups excluding tert-OH is 1. The molecule has 1 heterocycles. The fourth-order valence-electron chi connectivity index (χ4n) is 9.40. The summed E-state index contributed by atoms with van der Waals surface area (Å²) in [6.45, 7) is 12.7. The molecule has 33 heavy (non-hydrogen) atoms. The first-order valence-corrected chi connectivity index (χ1v) is 13.8. The molecule has 186 valence electrons. The third kappa shape index (κ3) is 3.78. The zero-order valence-electron chi connectivity index (χ0n) is 21.5. The molecule has 1 spiro atoms. The van der Waals surface area contributed by atoms with Gasteiger partial charge in [0.1, 0.15) is 0 Å². The molecule has 4 nitrogen and oxygen atoms in total. The molecule has 4 aliphatic carbocycles. The van der Waals surface area contributed by atoms with Crippen molar-refractivity contribution in [2.45, 2.75) is 97.9 Å². The molecule has 0 bridgehead atoms. The van der Waals surface area contributed by atoms with Gasteiger partial charge in [0.25, 0.3) is 0 Å². The van der Waals surface area contributed by atoms with Gasteiger partial charge in [-0.3, -0.25) is 4.79 Å². The van der Waals surface area contributed by atoms with Crippen molar-refractivity contribution in [3.63, 3.8) is 0 Å². The largest absolute Gasteiger partial charge is 0.393 e. The lowest BCUT2D eigenvalue weighted by atomic mass is 9.43. The summed E-state index contributed by atoms with van der Waals surface area (Å²) >= 11 is 0. The first-order chi connectivity index (χ1) is 15.6. The summed E-state index contributed by atoms with van der Waals surface area (Å²) in [6, 6.07) is 0. The topological polar surface area (TPSA) is 55.8 Å². The van der Waals surface area contributed by atoms with Gasteiger partial charge in [0.2, 0.25) is 0 Å². The van der Waals surface area contributed by atoms with Crippen LogP contribution in [0.2, 0.25) is 0 Å². The summed E-state index contributed by atoms with van der Waals surface area (Å²) in [5, 5.41) is 11.6. The molecule has 1 saturated heterocycles. The normalized spacial score (nSPS) is 47.5. The summed E-state index contributed by atoms with van der Waals surface area (Å²) in [5.41, 5.74) is 0.558. The summed E-state index contributed by atoms with van der Waals surface area (Å²) in [6.07, 6.45) is 12.8. The van der Waals surface area contributed by atoms with Crippen molar-refractivity contribution in [1.82, 2.24) is 0 Å². The summed E-state index contributed by atoms with van der Waals surface area (Å²) in [7, 11) is 0. The molecule has 0 aromatic carbocycles. The van der Waals surface area contributed by atoms with Gasteiger partial charge in [0, 0.05) is 18.8 Å². The second-order valence-corrected chi connectivity index (χ2v) is 13.1. The van der Waals surface area contributed by atoms with E-state index in [1.54, 1.807) is 0 Å². The Labute approximate surface area is 200 Å². The summed E-state index contributed by atoms with van der Waals surface area (Å²) < 4.78 is 12.2. The molecule has 0 amide bonds. The van der Waals surface area contributed by atoms with Crippen LogP contribution >= 0.6 is 0 Å². The van der Waals surface area contributed by atoms with Crippen LogP contribution in [0.5, 0.6) is 0 Å². The molecule has 9 atom stereocenters. The van der Waals surface area contributed by atoms with Crippen molar-refractivity contribution in [3.8, 4) is 0 Å². The highest BCUT2D eigenvalue weighted by Crippen LogP contribution is 2.69. The smallest absolute Gasteiger partial charge is 0.168 e. The van der Waals surface area contributed by atoms with Crippen LogP contribution in [-0.4, -0.2) is 36.0 Å². The quantitative estimate of drug-likeness (QED) is 0.543. The van der Waals surface area contributed by atoms with Crippen molar-refractivity contribution in [2.75, 3.05) is 13.2 Å². The Morgan fingerprint density at radius 3 is 2.36 bits per heavy atom. The maximum atomic E-state index is 12.2. The van der Waals surface area contributed by atoms with E-state index in [9.17, 15) is 9.90 Å².